The Morgan fingerprint density at radius 3 is 2.52 bits per heavy atom. The quantitative estimate of drug-likeness (QED) is 0.916. The minimum Gasteiger partial charge on any atom is -0.497 e. The molecule has 1 unspecified atom stereocenters. The number of hydrogen-bond donors (Lipinski definition) is 1. The highest BCUT2D eigenvalue weighted by Gasteiger charge is 2.32. The summed E-state index contributed by atoms with van der Waals surface area (Å²) >= 11 is 6.05. The van der Waals surface area contributed by atoms with Crippen LogP contribution in [0.5, 0.6) is 5.75 Å². The summed E-state index contributed by atoms with van der Waals surface area (Å²) in [5.41, 5.74) is 5.89. The minimum absolute atomic E-state index is 0.0928. The van der Waals surface area contributed by atoms with E-state index in [1.54, 1.807) is 12.1 Å². The van der Waals surface area contributed by atoms with Gasteiger partial charge in [-0.3, -0.25) is 0 Å². The Labute approximate surface area is 131 Å². The van der Waals surface area contributed by atoms with E-state index in [0.29, 0.717) is 24.8 Å². The zero-order chi connectivity index (χ0) is 15.6. The second-order valence-electron chi connectivity index (χ2n) is 5.40. The van der Waals surface area contributed by atoms with Crippen LogP contribution in [0.4, 0.5) is 0 Å². The van der Waals surface area contributed by atoms with Crippen LogP contribution in [-0.2, 0) is 10.0 Å². The number of methoxy groups -OCH3 is 1. The van der Waals surface area contributed by atoms with Crippen molar-refractivity contribution in [2.75, 3.05) is 20.2 Å². The number of ether oxygens (including phenoxy) is 1. The maximum Gasteiger partial charge on any atom is 0.244 e. The molecule has 0 bridgehead atoms. The molecule has 1 heterocycles. The topological polar surface area (TPSA) is 72.6 Å². The Morgan fingerprint density at radius 2 is 2.00 bits per heavy atom. The van der Waals surface area contributed by atoms with E-state index < -0.39 is 10.0 Å². The molecule has 0 saturated carbocycles. The van der Waals surface area contributed by atoms with E-state index in [1.165, 1.54) is 17.5 Å². The highest BCUT2D eigenvalue weighted by Crippen LogP contribution is 2.31. The Bertz CT molecular complexity index is 596. The van der Waals surface area contributed by atoms with Crippen molar-refractivity contribution in [3.05, 3.63) is 23.2 Å². The summed E-state index contributed by atoms with van der Waals surface area (Å²) in [6.07, 6.45) is 1.55. The lowest BCUT2D eigenvalue weighted by Crippen LogP contribution is -2.42. The number of hydrogen-bond acceptors (Lipinski definition) is 4. The highest BCUT2D eigenvalue weighted by molar-refractivity contribution is 7.89. The van der Waals surface area contributed by atoms with Gasteiger partial charge in [-0.1, -0.05) is 11.6 Å². The number of rotatable bonds is 4. The van der Waals surface area contributed by atoms with Gasteiger partial charge in [0, 0.05) is 25.2 Å². The van der Waals surface area contributed by atoms with Crippen LogP contribution < -0.4 is 10.5 Å². The SMILES string of the molecule is COc1ccc(Cl)c(S(=O)(=O)N2CCC(C(C)N)CC2)c1. The minimum atomic E-state index is -3.59. The zero-order valence-electron chi connectivity index (χ0n) is 12.3. The molecule has 0 aromatic heterocycles. The van der Waals surface area contributed by atoms with Crippen molar-refractivity contribution < 1.29 is 13.2 Å². The second kappa shape index (κ2) is 6.52. The first-order valence-corrected chi connectivity index (χ1v) is 8.77. The van der Waals surface area contributed by atoms with Crippen LogP contribution in [0, 0.1) is 5.92 Å². The Hall–Kier alpha value is -0.820. The van der Waals surface area contributed by atoms with E-state index in [4.69, 9.17) is 22.1 Å². The van der Waals surface area contributed by atoms with E-state index >= 15 is 0 Å². The molecule has 7 heteroatoms. The molecule has 1 fully saturated rings. The fourth-order valence-corrected chi connectivity index (χ4v) is 4.55. The van der Waals surface area contributed by atoms with Crippen LogP contribution in [0.3, 0.4) is 0 Å². The number of nitrogens with zero attached hydrogens (tertiary/aromatic N) is 1. The summed E-state index contributed by atoms with van der Waals surface area (Å²) in [5, 5.41) is 0.213. The maximum atomic E-state index is 12.7. The van der Waals surface area contributed by atoms with Gasteiger partial charge in [-0.05, 0) is 37.8 Å². The van der Waals surface area contributed by atoms with Gasteiger partial charge in [-0.25, -0.2) is 8.42 Å². The molecule has 118 valence electrons. The summed E-state index contributed by atoms with van der Waals surface area (Å²) in [7, 11) is -2.10. The van der Waals surface area contributed by atoms with Gasteiger partial charge in [0.05, 0.1) is 12.1 Å². The van der Waals surface area contributed by atoms with Crippen LogP contribution in [0.15, 0.2) is 23.1 Å². The predicted octanol–water partition coefficient (Wildman–Crippen LogP) is 2.10. The van der Waals surface area contributed by atoms with E-state index in [1.807, 2.05) is 6.92 Å². The predicted molar refractivity (Wildman–Crippen MR) is 83.1 cm³/mol. The molecule has 2 rings (SSSR count). The summed E-state index contributed by atoms with van der Waals surface area (Å²) in [4.78, 5) is 0.0998. The van der Waals surface area contributed by atoms with Crippen molar-refractivity contribution in [1.82, 2.24) is 4.31 Å². The molecule has 0 spiro atoms. The van der Waals surface area contributed by atoms with Gasteiger partial charge >= 0.3 is 0 Å². The molecule has 1 aliphatic heterocycles. The van der Waals surface area contributed by atoms with Crippen molar-refractivity contribution in [2.45, 2.75) is 30.7 Å². The standard InChI is InChI=1S/C14H21ClN2O3S/c1-10(16)11-5-7-17(8-6-11)21(18,19)14-9-12(20-2)3-4-13(14)15/h3-4,9-11H,5-8,16H2,1-2H3. The molecular formula is C14H21ClN2O3S. The summed E-state index contributed by atoms with van der Waals surface area (Å²) in [6.45, 7) is 2.91. The van der Waals surface area contributed by atoms with Crippen molar-refractivity contribution >= 4 is 21.6 Å². The third-order valence-electron chi connectivity index (χ3n) is 4.00. The van der Waals surface area contributed by atoms with Crippen LogP contribution in [0.25, 0.3) is 0 Å². The maximum absolute atomic E-state index is 12.7. The van der Waals surface area contributed by atoms with Gasteiger partial charge in [0.2, 0.25) is 10.0 Å². The smallest absolute Gasteiger partial charge is 0.244 e. The molecule has 0 radical (unpaired) electrons. The van der Waals surface area contributed by atoms with Crippen LogP contribution in [0.2, 0.25) is 5.02 Å². The van der Waals surface area contributed by atoms with E-state index in [0.717, 1.165) is 12.8 Å². The van der Waals surface area contributed by atoms with Gasteiger partial charge in [0.1, 0.15) is 10.6 Å². The van der Waals surface area contributed by atoms with Gasteiger partial charge < -0.3 is 10.5 Å². The number of sulfonamides is 1. The number of piperidine rings is 1. The Morgan fingerprint density at radius 1 is 1.38 bits per heavy atom. The Balaban J connectivity index is 2.23. The first-order chi connectivity index (χ1) is 9.86. The molecule has 1 aliphatic rings. The molecule has 0 amide bonds. The molecule has 1 aromatic rings. The van der Waals surface area contributed by atoms with Gasteiger partial charge in [0.25, 0.3) is 0 Å². The van der Waals surface area contributed by atoms with Crippen molar-refractivity contribution in [3.63, 3.8) is 0 Å². The van der Waals surface area contributed by atoms with Crippen LogP contribution >= 0.6 is 11.6 Å². The van der Waals surface area contributed by atoms with Crippen molar-refractivity contribution in [2.24, 2.45) is 11.7 Å². The monoisotopic (exact) mass is 332 g/mol. The molecule has 5 nitrogen and oxygen atoms in total. The largest absolute Gasteiger partial charge is 0.497 e. The first-order valence-electron chi connectivity index (χ1n) is 6.95. The van der Waals surface area contributed by atoms with E-state index in [9.17, 15) is 8.42 Å². The fourth-order valence-electron chi connectivity index (χ4n) is 2.59. The number of nitrogens with two attached hydrogens (primary N) is 1. The van der Waals surface area contributed by atoms with Gasteiger partial charge in [-0.15, -0.1) is 0 Å². The highest BCUT2D eigenvalue weighted by atomic mass is 35.5. The molecule has 1 saturated heterocycles. The average Bonchev–Trinajstić information content (AvgIpc) is 2.47. The average molecular weight is 333 g/mol. The molecule has 21 heavy (non-hydrogen) atoms. The lowest BCUT2D eigenvalue weighted by molar-refractivity contribution is 0.250. The molecular weight excluding hydrogens is 312 g/mol. The van der Waals surface area contributed by atoms with E-state index in [-0.39, 0.29) is 16.0 Å². The third-order valence-corrected chi connectivity index (χ3v) is 6.38. The fraction of sp³-hybridized carbons (Fsp3) is 0.571. The van der Waals surface area contributed by atoms with Crippen LogP contribution in [-0.4, -0.2) is 39.0 Å². The second-order valence-corrected chi connectivity index (χ2v) is 7.71. The lowest BCUT2D eigenvalue weighted by Gasteiger charge is -2.33. The third kappa shape index (κ3) is 3.51. The zero-order valence-corrected chi connectivity index (χ0v) is 13.8. The summed E-state index contributed by atoms with van der Waals surface area (Å²) in [5.74, 6) is 0.848. The summed E-state index contributed by atoms with van der Waals surface area (Å²) in [6, 6.07) is 4.75. The molecule has 2 N–H and O–H groups in total. The first kappa shape index (κ1) is 16.5. The summed E-state index contributed by atoms with van der Waals surface area (Å²) < 4.78 is 32.0. The number of halogens is 1. The normalized spacial score (nSPS) is 19.4. The van der Waals surface area contributed by atoms with E-state index in [2.05, 4.69) is 0 Å². The molecule has 1 atom stereocenters. The lowest BCUT2D eigenvalue weighted by atomic mass is 9.92. The number of benzene rings is 1. The van der Waals surface area contributed by atoms with Gasteiger partial charge in [0.15, 0.2) is 0 Å². The van der Waals surface area contributed by atoms with Crippen molar-refractivity contribution in [3.8, 4) is 5.75 Å². The Kier molecular flexibility index (Phi) is 5.14. The molecule has 0 aliphatic carbocycles. The molecule has 1 aromatic carbocycles. The van der Waals surface area contributed by atoms with Gasteiger partial charge in [-0.2, -0.15) is 4.31 Å². The van der Waals surface area contributed by atoms with Crippen molar-refractivity contribution in [1.29, 1.82) is 0 Å². The van der Waals surface area contributed by atoms with Crippen LogP contribution in [0.1, 0.15) is 19.8 Å².